The van der Waals surface area contributed by atoms with Gasteiger partial charge in [0.15, 0.2) is 0 Å². The van der Waals surface area contributed by atoms with Crippen molar-refractivity contribution in [3.8, 4) is 0 Å². The van der Waals surface area contributed by atoms with E-state index in [1.165, 1.54) is 0 Å². The number of rotatable bonds is 8. The van der Waals surface area contributed by atoms with E-state index in [2.05, 4.69) is 10.3 Å². The van der Waals surface area contributed by atoms with Crippen LogP contribution in [-0.4, -0.2) is 17.4 Å². The van der Waals surface area contributed by atoms with Crippen LogP contribution < -0.4 is 10.2 Å². The maximum Gasteiger partial charge on any atom is 0.228 e. The Bertz CT molecular complexity index is 791. The van der Waals surface area contributed by atoms with Crippen molar-refractivity contribution >= 4 is 11.6 Å². The van der Waals surface area contributed by atoms with Gasteiger partial charge in [0.25, 0.3) is 0 Å². The summed E-state index contributed by atoms with van der Waals surface area (Å²) >= 11 is 0. The predicted octanol–water partition coefficient (Wildman–Crippen LogP) is 3.79. The Morgan fingerprint density at radius 3 is 2.27 bits per heavy atom. The molecular weight excluding hydrogens is 322 g/mol. The molecule has 0 spiro atoms. The second-order valence-electron chi connectivity index (χ2n) is 6.09. The zero-order valence-corrected chi connectivity index (χ0v) is 14.7. The molecule has 2 aromatic carbocycles. The Balaban J connectivity index is 1.59. The first-order valence-corrected chi connectivity index (χ1v) is 8.82. The molecule has 0 aliphatic rings. The number of carbonyl (C=O) groups is 1. The zero-order chi connectivity index (χ0) is 18.0. The highest BCUT2D eigenvalue weighted by atomic mass is 16.2. The number of anilines is 1. The fourth-order valence-corrected chi connectivity index (χ4v) is 2.76. The van der Waals surface area contributed by atoms with Gasteiger partial charge < -0.3 is 10.2 Å². The summed E-state index contributed by atoms with van der Waals surface area (Å²) in [7, 11) is 0. The third-order valence-corrected chi connectivity index (χ3v) is 4.12. The third kappa shape index (κ3) is 5.26. The lowest BCUT2D eigenvalue weighted by atomic mass is 10.2. The van der Waals surface area contributed by atoms with E-state index in [0.29, 0.717) is 26.1 Å². The number of carbonyl (C=O) groups excluding carboxylic acids is 1. The molecule has 0 aliphatic carbocycles. The average molecular weight is 345 g/mol. The van der Waals surface area contributed by atoms with Crippen LogP contribution in [0.1, 0.15) is 17.5 Å². The topological polar surface area (TPSA) is 45.2 Å². The standard InChI is InChI=1S/C22H23N3O/c26-22(13-15-24-17-20-10-7-14-23-16-20)25(21-11-5-2-6-12-21)18-19-8-3-1-4-9-19/h1-12,14,16,24H,13,15,17-18H2. The van der Waals surface area contributed by atoms with Gasteiger partial charge in [-0.05, 0) is 29.3 Å². The van der Waals surface area contributed by atoms with Crippen LogP contribution in [0.3, 0.4) is 0 Å². The van der Waals surface area contributed by atoms with Gasteiger partial charge in [0, 0.05) is 37.6 Å². The molecule has 3 rings (SSSR count). The fraction of sp³-hybridized carbons (Fsp3) is 0.182. The summed E-state index contributed by atoms with van der Waals surface area (Å²) in [4.78, 5) is 18.8. The van der Waals surface area contributed by atoms with E-state index in [9.17, 15) is 4.79 Å². The largest absolute Gasteiger partial charge is 0.312 e. The Kier molecular flexibility index (Phi) is 6.51. The Morgan fingerprint density at radius 1 is 0.885 bits per heavy atom. The molecule has 3 aromatic rings. The van der Waals surface area contributed by atoms with Gasteiger partial charge in [-0.25, -0.2) is 0 Å². The maximum absolute atomic E-state index is 12.8. The monoisotopic (exact) mass is 345 g/mol. The Morgan fingerprint density at radius 2 is 1.58 bits per heavy atom. The highest BCUT2D eigenvalue weighted by molar-refractivity contribution is 5.93. The second kappa shape index (κ2) is 9.49. The lowest BCUT2D eigenvalue weighted by Gasteiger charge is -2.23. The molecule has 4 nitrogen and oxygen atoms in total. The normalized spacial score (nSPS) is 10.5. The van der Waals surface area contributed by atoms with Crippen LogP contribution in [0.15, 0.2) is 85.2 Å². The van der Waals surface area contributed by atoms with E-state index in [-0.39, 0.29) is 5.91 Å². The van der Waals surface area contributed by atoms with Crippen LogP contribution in [0.4, 0.5) is 5.69 Å². The van der Waals surface area contributed by atoms with E-state index < -0.39 is 0 Å². The highest BCUT2D eigenvalue weighted by Gasteiger charge is 2.15. The van der Waals surface area contributed by atoms with Crippen LogP contribution in [-0.2, 0) is 17.9 Å². The lowest BCUT2D eigenvalue weighted by molar-refractivity contribution is -0.118. The van der Waals surface area contributed by atoms with E-state index in [1.54, 1.807) is 6.20 Å². The first-order chi connectivity index (χ1) is 12.8. The predicted molar refractivity (Wildman–Crippen MR) is 105 cm³/mol. The number of pyridine rings is 1. The van der Waals surface area contributed by atoms with Crippen molar-refractivity contribution in [2.75, 3.05) is 11.4 Å². The van der Waals surface area contributed by atoms with E-state index in [1.807, 2.05) is 83.9 Å². The first kappa shape index (κ1) is 17.8. The van der Waals surface area contributed by atoms with Crippen LogP contribution in [0.25, 0.3) is 0 Å². The van der Waals surface area contributed by atoms with Crippen molar-refractivity contribution in [1.29, 1.82) is 0 Å². The van der Waals surface area contributed by atoms with Gasteiger partial charge in [0.2, 0.25) is 5.91 Å². The molecule has 0 unspecified atom stereocenters. The molecule has 0 bridgehead atoms. The third-order valence-electron chi connectivity index (χ3n) is 4.12. The number of benzene rings is 2. The number of amides is 1. The summed E-state index contributed by atoms with van der Waals surface area (Å²) in [5.74, 6) is 0.110. The van der Waals surface area contributed by atoms with Crippen molar-refractivity contribution in [3.05, 3.63) is 96.3 Å². The molecule has 1 N–H and O–H groups in total. The molecule has 132 valence electrons. The van der Waals surface area contributed by atoms with Crippen molar-refractivity contribution < 1.29 is 4.79 Å². The van der Waals surface area contributed by atoms with Crippen LogP contribution >= 0.6 is 0 Å². The number of nitrogens with one attached hydrogen (secondary N) is 1. The molecule has 0 saturated carbocycles. The molecule has 1 amide bonds. The number of nitrogens with zero attached hydrogens (tertiary/aromatic N) is 2. The molecule has 4 heteroatoms. The number of hydrogen-bond donors (Lipinski definition) is 1. The minimum atomic E-state index is 0.110. The summed E-state index contributed by atoms with van der Waals surface area (Å²) in [6.45, 7) is 1.92. The highest BCUT2D eigenvalue weighted by Crippen LogP contribution is 2.18. The molecule has 1 heterocycles. The van der Waals surface area contributed by atoms with Crippen molar-refractivity contribution in [2.24, 2.45) is 0 Å². The van der Waals surface area contributed by atoms with E-state index in [0.717, 1.165) is 16.8 Å². The van der Waals surface area contributed by atoms with Crippen molar-refractivity contribution in [2.45, 2.75) is 19.5 Å². The smallest absolute Gasteiger partial charge is 0.228 e. The molecular formula is C22H23N3O. The van der Waals surface area contributed by atoms with Gasteiger partial charge in [-0.2, -0.15) is 0 Å². The van der Waals surface area contributed by atoms with Crippen molar-refractivity contribution in [1.82, 2.24) is 10.3 Å². The molecule has 1 aromatic heterocycles. The van der Waals surface area contributed by atoms with Gasteiger partial charge in [-0.1, -0.05) is 54.6 Å². The summed E-state index contributed by atoms with van der Waals surface area (Å²) < 4.78 is 0. The molecule has 0 aliphatic heterocycles. The van der Waals surface area contributed by atoms with Crippen LogP contribution in [0.2, 0.25) is 0 Å². The summed E-state index contributed by atoms with van der Waals surface area (Å²) in [6, 6.07) is 23.8. The average Bonchev–Trinajstić information content (AvgIpc) is 2.71. The zero-order valence-electron chi connectivity index (χ0n) is 14.7. The van der Waals surface area contributed by atoms with Crippen LogP contribution in [0.5, 0.6) is 0 Å². The molecule has 26 heavy (non-hydrogen) atoms. The maximum atomic E-state index is 12.8. The minimum absolute atomic E-state index is 0.110. The van der Waals surface area contributed by atoms with E-state index >= 15 is 0 Å². The van der Waals surface area contributed by atoms with Crippen LogP contribution in [0, 0.1) is 0 Å². The number of aromatic nitrogens is 1. The molecule has 0 atom stereocenters. The van der Waals surface area contributed by atoms with Gasteiger partial charge >= 0.3 is 0 Å². The summed E-state index contributed by atoms with van der Waals surface area (Å²) in [5.41, 5.74) is 3.16. The Hall–Kier alpha value is -2.98. The van der Waals surface area contributed by atoms with Gasteiger partial charge in [-0.15, -0.1) is 0 Å². The second-order valence-corrected chi connectivity index (χ2v) is 6.09. The summed E-state index contributed by atoms with van der Waals surface area (Å²) in [5, 5.41) is 3.32. The Labute approximate surface area is 154 Å². The quantitative estimate of drug-likeness (QED) is 0.632. The summed E-state index contributed by atoms with van der Waals surface area (Å²) in [6.07, 6.45) is 4.04. The van der Waals surface area contributed by atoms with E-state index in [4.69, 9.17) is 0 Å². The van der Waals surface area contributed by atoms with Crippen molar-refractivity contribution in [3.63, 3.8) is 0 Å². The number of hydrogen-bond acceptors (Lipinski definition) is 3. The minimum Gasteiger partial charge on any atom is -0.312 e. The first-order valence-electron chi connectivity index (χ1n) is 8.82. The van der Waals surface area contributed by atoms with Gasteiger partial charge in [-0.3, -0.25) is 9.78 Å². The SMILES string of the molecule is O=C(CCNCc1cccnc1)N(Cc1ccccc1)c1ccccc1. The molecule has 0 fully saturated rings. The number of para-hydroxylation sites is 1. The molecule has 0 radical (unpaired) electrons. The fourth-order valence-electron chi connectivity index (χ4n) is 2.76. The lowest BCUT2D eigenvalue weighted by Crippen LogP contribution is -2.32. The molecule has 0 saturated heterocycles. The van der Waals surface area contributed by atoms with Gasteiger partial charge in [0.1, 0.15) is 0 Å². The van der Waals surface area contributed by atoms with Gasteiger partial charge in [0.05, 0.1) is 6.54 Å².